The molecule has 1 amide bonds. The standard InChI is InChI=1S/C18H25ClN2OS/c19-16-5-3-15(4-6-16)12-23-13-18(22)21-9-7-17(8-10-21)20-11-14-1-2-14/h3-6,14,17,20H,1-2,7-13H2. The van der Waals surface area contributed by atoms with Crippen molar-refractivity contribution in [2.75, 3.05) is 25.4 Å². The lowest BCUT2D eigenvalue weighted by Gasteiger charge is -2.32. The van der Waals surface area contributed by atoms with Crippen LogP contribution >= 0.6 is 23.4 Å². The number of thioether (sulfide) groups is 1. The van der Waals surface area contributed by atoms with Crippen LogP contribution in [0, 0.1) is 5.92 Å². The number of rotatable bonds is 7. The van der Waals surface area contributed by atoms with Crippen LogP contribution in [0.1, 0.15) is 31.2 Å². The predicted octanol–water partition coefficient (Wildman–Crippen LogP) is 3.56. The molecule has 2 aliphatic rings. The minimum Gasteiger partial charge on any atom is -0.342 e. The van der Waals surface area contributed by atoms with Crippen molar-refractivity contribution in [3.05, 3.63) is 34.9 Å². The van der Waals surface area contributed by atoms with Gasteiger partial charge in [-0.25, -0.2) is 0 Å². The molecule has 1 heterocycles. The number of benzene rings is 1. The molecule has 23 heavy (non-hydrogen) atoms. The number of likely N-dealkylation sites (tertiary alicyclic amines) is 1. The van der Waals surface area contributed by atoms with Crippen molar-refractivity contribution in [3.8, 4) is 0 Å². The molecule has 0 bridgehead atoms. The van der Waals surface area contributed by atoms with Gasteiger partial charge in [-0.2, -0.15) is 0 Å². The van der Waals surface area contributed by atoms with Crippen LogP contribution in [0.5, 0.6) is 0 Å². The molecule has 1 aliphatic carbocycles. The number of carbonyl (C=O) groups excluding carboxylic acids is 1. The van der Waals surface area contributed by atoms with E-state index >= 15 is 0 Å². The second kappa shape index (κ2) is 8.41. The number of nitrogens with zero attached hydrogens (tertiary/aromatic N) is 1. The van der Waals surface area contributed by atoms with Crippen LogP contribution in [0.15, 0.2) is 24.3 Å². The molecule has 1 saturated heterocycles. The van der Waals surface area contributed by atoms with E-state index in [9.17, 15) is 4.79 Å². The molecular weight excluding hydrogens is 328 g/mol. The molecule has 3 rings (SSSR count). The van der Waals surface area contributed by atoms with Crippen molar-refractivity contribution >= 4 is 29.3 Å². The Hall–Kier alpha value is -0.710. The Labute approximate surface area is 148 Å². The van der Waals surface area contributed by atoms with Crippen molar-refractivity contribution in [1.82, 2.24) is 10.2 Å². The summed E-state index contributed by atoms with van der Waals surface area (Å²) in [7, 11) is 0. The number of piperidine rings is 1. The Morgan fingerprint density at radius 1 is 1.17 bits per heavy atom. The summed E-state index contributed by atoms with van der Waals surface area (Å²) in [5.41, 5.74) is 1.22. The lowest BCUT2D eigenvalue weighted by Crippen LogP contribution is -2.45. The third-order valence-electron chi connectivity index (χ3n) is 4.65. The summed E-state index contributed by atoms with van der Waals surface area (Å²) in [6.45, 7) is 2.99. The Morgan fingerprint density at radius 2 is 1.87 bits per heavy atom. The lowest BCUT2D eigenvalue weighted by molar-refractivity contribution is -0.129. The van der Waals surface area contributed by atoms with E-state index in [1.165, 1.54) is 24.9 Å². The van der Waals surface area contributed by atoms with Gasteiger partial charge in [-0.3, -0.25) is 4.79 Å². The molecule has 0 atom stereocenters. The van der Waals surface area contributed by atoms with Crippen LogP contribution in [0.3, 0.4) is 0 Å². The van der Waals surface area contributed by atoms with Crippen molar-refractivity contribution in [3.63, 3.8) is 0 Å². The van der Waals surface area contributed by atoms with Crippen LogP contribution in [0.25, 0.3) is 0 Å². The Bertz CT molecular complexity index is 510. The molecule has 0 spiro atoms. The molecule has 2 fully saturated rings. The van der Waals surface area contributed by atoms with Gasteiger partial charge in [0.25, 0.3) is 0 Å². The largest absolute Gasteiger partial charge is 0.342 e. The van der Waals surface area contributed by atoms with E-state index in [-0.39, 0.29) is 5.91 Å². The van der Waals surface area contributed by atoms with Gasteiger partial charge in [0, 0.05) is 29.9 Å². The highest BCUT2D eigenvalue weighted by atomic mass is 35.5. The predicted molar refractivity (Wildman–Crippen MR) is 97.9 cm³/mol. The zero-order valence-electron chi connectivity index (χ0n) is 13.5. The molecule has 0 aromatic heterocycles. The van der Waals surface area contributed by atoms with Gasteiger partial charge in [0.05, 0.1) is 5.75 Å². The number of nitrogens with one attached hydrogen (secondary N) is 1. The van der Waals surface area contributed by atoms with Gasteiger partial charge < -0.3 is 10.2 Å². The summed E-state index contributed by atoms with van der Waals surface area (Å²) in [5.74, 6) is 2.65. The van der Waals surface area contributed by atoms with E-state index in [2.05, 4.69) is 5.32 Å². The molecule has 1 saturated carbocycles. The first-order valence-corrected chi connectivity index (χ1v) is 10.1. The number of hydrogen-bond donors (Lipinski definition) is 1. The zero-order valence-corrected chi connectivity index (χ0v) is 15.0. The third-order valence-corrected chi connectivity index (χ3v) is 5.89. The zero-order chi connectivity index (χ0) is 16.1. The molecule has 126 valence electrons. The van der Waals surface area contributed by atoms with E-state index in [0.717, 1.165) is 42.6 Å². The minimum atomic E-state index is 0.282. The van der Waals surface area contributed by atoms with Crippen LogP contribution in [0.2, 0.25) is 5.02 Å². The first kappa shape index (κ1) is 17.1. The Balaban J connectivity index is 1.31. The van der Waals surface area contributed by atoms with Gasteiger partial charge in [0.15, 0.2) is 0 Å². The van der Waals surface area contributed by atoms with E-state index < -0.39 is 0 Å². The smallest absolute Gasteiger partial charge is 0.232 e. The lowest BCUT2D eigenvalue weighted by atomic mass is 10.0. The highest BCUT2D eigenvalue weighted by Gasteiger charge is 2.25. The first-order chi connectivity index (χ1) is 11.2. The molecule has 1 aromatic rings. The second-order valence-electron chi connectivity index (χ2n) is 6.63. The molecule has 5 heteroatoms. The Morgan fingerprint density at radius 3 is 2.52 bits per heavy atom. The van der Waals surface area contributed by atoms with Crippen LogP contribution in [0.4, 0.5) is 0 Å². The molecular formula is C18H25ClN2OS. The van der Waals surface area contributed by atoms with Gasteiger partial charge >= 0.3 is 0 Å². The molecule has 1 N–H and O–H groups in total. The summed E-state index contributed by atoms with van der Waals surface area (Å²) in [4.78, 5) is 14.3. The number of hydrogen-bond acceptors (Lipinski definition) is 3. The highest BCUT2D eigenvalue weighted by molar-refractivity contribution is 7.99. The number of carbonyl (C=O) groups is 1. The summed E-state index contributed by atoms with van der Waals surface area (Å²) in [5, 5.41) is 4.42. The molecule has 1 aromatic carbocycles. The Kier molecular flexibility index (Phi) is 6.26. The maximum atomic E-state index is 12.3. The van der Waals surface area contributed by atoms with Crippen molar-refractivity contribution in [2.45, 2.75) is 37.5 Å². The summed E-state index contributed by atoms with van der Waals surface area (Å²) in [6, 6.07) is 8.46. The topological polar surface area (TPSA) is 32.3 Å². The molecule has 0 radical (unpaired) electrons. The summed E-state index contributed by atoms with van der Waals surface area (Å²) >= 11 is 7.57. The maximum absolute atomic E-state index is 12.3. The number of halogens is 1. The van der Waals surface area contributed by atoms with E-state index in [1.54, 1.807) is 11.8 Å². The molecule has 0 unspecified atom stereocenters. The quantitative estimate of drug-likeness (QED) is 0.814. The van der Waals surface area contributed by atoms with Gasteiger partial charge in [0.2, 0.25) is 5.91 Å². The van der Waals surface area contributed by atoms with E-state index in [0.29, 0.717) is 11.8 Å². The third kappa shape index (κ3) is 5.70. The minimum absolute atomic E-state index is 0.282. The summed E-state index contributed by atoms with van der Waals surface area (Å²) < 4.78 is 0. The second-order valence-corrected chi connectivity index (χ2v) is 8.05. The van der Waals surface area contributed by atoms with Gasteiger partial charge in [-0.15, -0.1) is 11.8 Å². The monoisotopic (exact) mass is 352 g/mol. The van der Waals surface area contributed by atoms with Gasteiger partial charge in [-0.1, -0.05) is 23.7 Å². The average molecular weight is 353 g/mol. The fourth-order valence-corrected chi connectivity index (χ4v) is 3.93. The van der Waals surface area contributed by atoms with Gasteiger partial charge in [0.1, 0.15) is 0 Å². The fourth-order valence-electron chi connectivity index (χ4n) is 2.92. The number of amides is 1. The van der Waals surface area contributed by atoms with E-state index in [1.807, 2.05) is 29.2 Å². The molecule has 3 nitrogen and oxygen atoms in total. The van der Waals surface area contributed by atoms with Crippen molar-refractivity contribution in [1.29, 1.82) is 0 Å². The average Bonchev–Trinajstić information content (AvgIpc) is 3.39. The van der Waals surface area contributed by atoms with Crippen LogP contribution in [-0.4, -0.2) is 42.2 Å². The normalized spacial score (nSPS) is 19.1. The van der Waals surface area contributed by atoms with E-state index in [4.69, 9.17) is 11.6 Å². The van der Waals surface area contributed by atoms with Crippen LogP contribution in [-0.2, 0) is 10.5 Å². The van der Waals surface area contributed by atoms with Crippen LogP contribution < -0.4 is 5.32 Å². The highest BCUT2D eigenvalue weighted by Crippen LogP contribution is 2.28. The maximum Gasteiger partial charge on any atom is 0.232 e. The fraction of sp³-hybridized carbons (Fsp3) is 0.611. The first-order valence-electron chi connectivity index (χ1n) is 8.54. The van der Waals surface area contributed by atoms with Crippen molar-refractivity contribution in [2.24, 2.45) is 5.92 Å². The molecule has 1 aliphatic heterocycles. The summed E-state index contributed by atoms with van der Waals surface area (Å²) in [6.07, 6.45) is 4.99. The SMILES string of the molecule is O=C(CSCc1ccc(Cl)cc1)N1CCC(NCC2CC2)CC1. The van der Waals surface area contributed by atoms with Gasteiger partial charge in [-0.05, 0) is 55.8 Å². The van der Waals surface area contributed by atoms with Crippen molar-refractivity contribution < 1.29 is 4.79 Å².